The molecule has 0 aliphatic rings. The average Bonchev–Trinajstić information content (AvgIpc) is 3.15. The number of halogens is 1. The number of ether oxygens (including phenoxy) is 1. The van der Waals surface area contributed by atoms with Crippen LogP contribution in [0, 0.1) is 0 Å². The minimum atomic E-state index is -0.544. The zero-order valence-electron chi connectivity index (χ0n) is 13.4. The van der Waals surface area contributed by atoms with E-state index < -0.39 is 5.97 Å². The number of esters is 1. The normalized spacial score (nSPS) is 10.8. The summed E-state index contributed by atoms with van der Waals surface area (Å²) in [7, 11) is 0. The number of benzene rings is 2. The number of aromatic nitrogens is 3. The molecule has 0 N–H and O–H groups in total. The van der Waals surface area contributed by atoms with Crippen molar-refractivity contribution in [3.63, 3.8) is 0 Å². The predicted octanol–water partition coefficient (Wildman–Crippen LogP) is 4.40. The van der Waals surface area contributed by atoms with Crippen LogP contribution in [0.1, 0.15) is 16.4 Å². The van der Waals surface area contributed by atoms with Crippen LogP contribution in [0.5, 0.6) is 0 Å². The molecule has 2 heterocycles. The molecule has 0 saturated carbocycles. The van der Waals surface area contributed by atoms with Gasteiger partial charge in [-0.15, -0.1) is 0 Å². The van der Waals surface area contributed by atoms with Crippen molar-refractivity contribution in [2.45, 2.75) is 6.61 Å². The molecule has 2 aromatic heterocycles. The quantitative estimate of drug-likeness (QED) is 0.464. The van der Waals surface area contributed by atoms with Gasteiger partial charge in [-0.3, -0.25) is 0 Å². The average molecular weight is 410 g/mol. The van der Waals surface area contributed by atoms with Crippen LogP contribution in [0.15, 0.2) is 69.7 Å². The molecule has 0 aliphatic carbocycles. The summed E-state index contributed by atoms with van der Waals surface area (Å²) >= 11 is 3.40. The van der Waals surface area contributed by atoms with Crippen molar-refractivity contribution < 1.29 is 14.1 Å². The van der Waals surface area contributed by atoms with Crippen LogP contribution in [-0.2, 0) is 11.3 Å². The fourth-order valence-electron chi connectivity index (χ4n) is 2.44. The third-order valence-corrected chi connectivity index (χ3v) is 4.18. The van der Waals surface area contributed by atoms with E-state index in [1.54, 1.807) is 6.07 Å². The summed E-state index contributed by atoms with van der Waals surface area (Å²) in [6.07, 6.45) is 0. The van der Waals surface area contributed by atoms with Crippen molar-refractivity contribution in [3.05, 3.63) is 76.7 Å². The predicted molar refractivity (Wildman–Crippen MR) is 98.3 cm³/mol. The molecule has 26 heavy (non-hydrogen) atoms. The SMILES string of the molecule is O=C(OCc1nc(-c2cccc(Br)c2)no1)c1ccc2ccccc2n1. The van der Waals surface area contributed by atoms with Gasteiger partial charge in [-0.05, 0) is 24.3 Å². The lowest BCUT2D eigenvalue weighted by Gasteiger charge is -2.02. The molecule has 0 unspecified atom stereocenters. The van der Waals surface area contributed by atoms with E-state index in [-0.39, 0.29) is 18.2 Å². The monoisotopic (exact) mass is 409 g/mol. The van der Waals surface area contributed by atoms with Crippen molar-refractivity contribution in [3.8, 4) is 11.4 Å². The van der Waals surface area contributed by atoms with Crippen molar-refractivity contribution >= 4 is 32.8 Å². The molecule has 2 aromatic carbocycles. The van der Waals surface area contributed by atoms with Crippen LogP contribution in [0.4, 0.5) is 0 Å². The Balaban J connectivity index is 1.46. The number of pyridine rings is 1. The van der Waals surface area contributed by atoms with Crippen LogP contribution in [-0.4, -0.2) is 21.1 Å². The molecule has 128 valence electrons. The maximum Gasteiger partial charge on any atom is 0.357 e. The highest BCUT2D eigenvalue weighted by molar-refractivity contribution is 9.10. The fraction of sp³-hybridized carbons (Fsp3) is 0.0526. The second kappa shape index (κ2) is 7.05. The van der Waals surface area contributed by atoms with Gasteiger partial charge in [0, 0.05) is 15.4 Å². The minimum absolute atomic E-state index is 0.117. The molecule has 6 nitrogen and oxygen atoms in total. The van der Waals surface area contributed by atoms with Gasteiger partial charge in [0.25, 0.3) is 5.89 Å². The Labute approximate surface area is 157 Å². The lowest BCUT2D eigenvalue weighted by atomic mass is 10.2. The number of carbonyl (C=O) groups excluding carboxylic acids is 1. The summed E-state index contributed by atoms with van der Waals surface area (Å²) in [5.74, 6) is 0.105. The van der Waals surface area contributed by atoms with E-state index >= 15 is 0 Å². The smallest absolute Gasteiger partial charge is 0.357 e. The highest BCUT2D eigenvalue weighted by Gasteiger charge is 2.14. The van der Waals surface area contributed by atoms with Gasteiger partial charge < -0.3 is 9.26 Å². The molecule has 0 fully saturated rings. The second-order valence-corrected chi connectivity index (χ2v) is 6.40. The molecule has 0 atom stereocenters. The van der Waals surface area contributed by atoms with E-state index in [2.05, 4.69) is 31.1 Å². The molecule has 0 aliphatic heterocycles. The van der Waals surface area contributed by atoms with Gasteiger partial charge in [0.1, 0.15) is 5.69 Å². The molecular weight excluding hydrogens is 398 g/mol. The number of fused-ring (bicyclic) bond motifs is 1. The highest BCUT2D eigenvalue weighted by atomic mass is 79.9. The molecule has 0 amide bonds. The zero-order chi connectivity index (χ0) is 17.9. The van der Waals surface area contributed by atoms with Crippen LogP contribution in [0.3, 0.4) is 0 Å². The minimum Gasteiger partial charge on any atom is -0.451 e. The topological polar surface area (TPSA) is 78.1 Å². The Morgan fingerprint density at radius 1 is 1.04 bits per heavy atom. The van der Waals surface area contributed by atoms with Gasteiger partial charge in [0.2, 0.25) is 5.82 Å². The number of hydrogen-bond donors (Lipinski definition) is 0. The highest BCUT2D eigenvalue weighted by Crippen LogP contribution is 2.20. The number of hydrogen-bond acceptors (Lipinski definition) is 6. The molecule has 0 bridgehead atoms. The summed E-state index contributed by atoms with van der Waals surface area (Å²) in [5, 5.41) is 4.86. The molecule has 0 saturated heterocycles. The van der Waals surface area contributed by atoms with Gasteiger partial charge in [0.15, 0.2) is 6.61 Å². The molecule has 7 heteroatoms. The number of nitrogens with zero attached hydrogens (tertiary/aromatic N) is 3. The maximum absolute atomic E-state index is 12.2. The standard InChI is InChI=1S/C19H12BrN3O3/c20-14-6-3-5-13(10-14)18-22-17(26-23-18)11-25-19(24)16-9-8-12-4-1-2-7-15(12)21-16/h1-10H,11H2. The first-order valence-corrected chi connectivity index (χ1v) is 8.60. The second-order valence-electron chi connectivity index (χ2n) is 5.49. The molecule has 4 aromatic rings. The Bertz CT molecular complexity index is 1090. The number of carbonyl (C=O) groups is 1. The van der Waals surface area contributed by atoms with E-state index in [9.17, 15) is 4.79 Å². The lowest BCUT2D eigenvalue weighted by molar-refractivity contribution is 0.0423. The van der Waals surface area contributed by atoms with Gasteiger partial charge in [-0.25, -0.2) is 9.78 Å². The van der Waals surface area contributed by atoms with Crippen LogP contribution < -0.4 is 0 Å². The van der Waals surface area contributed by atoms with E-state index in [0.717, 1.165) is 20.9 Å². The first-order chi connectivity index (χ1) is 12.7. The first kappa shape index (κ1) is 16.4. The summed E-state index contributed by atoms with van der Waals surface area (Å²) < 4.78 is 11.3. The van der Waals surface area contributed by atoms with E-state index in [1.165, 1.54) is 0 Å². The Morgan fingerprint density at radius 2 is 1.92 bits per heavy atom. The largest absolute Gasteiger partial charge is 0.451 e. The zero-order valence-corrected chi connectivity index (χ0v) is 15.0. The molecule has 4 rings (SSSR count). The van der Waals surface area contributed by atoms with Gasteiger partial charge in [-0.2, -0.15) is 4.98 Å². The summed E-state index contributed by atoms with van der Waals surface area (Å²) in [6, 6.07) is 18.5. The van der Waals surface area contributed by atoms with Crippen molar-refractivity contribution in [1.29, 1.82) is 0 Å². The molecule has 0 radical (unpaired) electrons. The molecular formula is C19H12BrN3O3. The number of rotatable bonds is 4. The van der Waals surface area contributed by atoms with Crippen molar-refractivity contribution in [2.24, 2.45) is 0 Å². The van der Waals surface area contributed by atoms with Crippen LogP contribution >= 0.6 is 15.9 Å². The summed E-state index contributed by atoms with van der Waals surface area (Å²) in [5.41, 5.74) is 1.77. The van der Waals surface area contributed by atoms with Gasteiger partial charge >= 0.3 is 5.97 Å². The fourth-order valence-corrected chi connectivity index (χ4v) is 2.84. The lowest BCUT2D eigenvalue weighted by Crippen LogP contribution is -2.07. The van der Waals surface area contributed by atoms with Crippen LogP contribution in [0.2, 0.25) is 0 Å². The van der Waals surface area contributed by atoms with Gasteiger partial charge in [-0.1, -0.05) is 57.5 Å². The molecule has 0 spiro atoms. The Hall–Kier alpha value is -3.06. The van der Waals surface area contributed by atoms with Crippen LogP contribution in [0.25, 0.3) is 22.3 Å². The van der Waals surface area contributed by atoms with Gasteiger partial charge in [0.05, 0.1) is 5.52 Å². The van der Waals surface area contributed by atoms with Crippen molar-refractivity contribution in [1.82, 2.24) is 15.1 Å². The summed E-state index contributed by atoms with van der Waals surface area (Å²) in [4.78, 5) is 20.7. The number of para-hydroxylation sites is 1. The van der Waals surface area contributed by atoms with E-state index in [1.807, 2.05) is 54.6 Å². The Morgan fingerprint density at radius 3 is 2.81 bits per heavy atom. The third kappa shape index (κ3) is 3.48. The van der Waals surface area contributed by atoms with E-state index in [0.29, 0.717) is 5.82 Å². The third-order valence-electron chi connectivity index (χ3n) is 3.69. The maximum atomic E-state index is 12.2. The van der Waals surface area contributed by atoms with E-state index in [4.69, 9.17) is 9.26 Å². The first-order valence-electron chi connectivity index (χ1n) is 7.80. The van der Waals surface area contributed by atoms with Crippen molar-refractivity contribution in [2.75, 3.05) is 0 Å². The Kier molecular flexibility index (Phi) is 4.45. The summed E-state index contributed by atoms with van der Waals surface area (Å²) in [6.45, 7) is -0.117.